The summed E-state index contributed by atoms with van der Waals surface area (Å²) in [7, 11) is 1.61. The van der Waals surface area contributed by atoms with E-state index in [4.69, 9.17) is 19.0 Å². The largest absolute Gasteiger partial charge is 0.497 e. The van der Waals surface area contributed by atoms with Crippen LogP contribution in [0.1, 0.15) is 28.5 Å². The average Bonchev–Trinajstić information content (AvgIpc) is 2.77. The van der Waals surface area contributed by atoms with Crippen LogP contribution in [0.5, 0.6) is 11.5 Å². The predicted octanol–water partition coefficient (Wildman–Crippen LogP) is 4.99. The smallest absolute Gasteiger partial charge is 0.227 e. The van der Waals surface area contributed by atoms with Crippen molar-refractivity contribution in [1.29, 1.82) is 0 Å². The molecule has 3 aromatic rings. The molecule has 0 N–H and O–H groups in total. The molecular weight excluding hydrogens is 373 g/mol. The molecule has 3 aromatic carbocycles. The molecule has 0 amide bonds. The molecule has 0 unspecified atom stereocenters. The third-order valence-electron chi connectivity index (χ3n) is 4.51. The molecule has 1 heterocycles. The number of rotatable bonds is 6. The first-order valence-electron chi connectivity index (χ1n) is 9.17. The van der Waals surface area contributed by atoms with Gasteiger partial charge in [0.1, 0.15) is 23.9 Å². The van der Waals surface area contributed by atoms with E-state index in [2.05, 4.69) is 5.16 Å². The Hall–Kier alpha value is -3.38. The Bertz CT molecular complexity index is 990. The van der Waals surface area contributed by atoms with E-state index < -0.39 is 6.29 Å². The summed E-state index contributed by atoms with van der Waals surface area (Å²) in [5.41, 5.74) is 2.98. The molecule has 1 aliphatic heterocycles. The minimum Gasteiger partial charge on any atom is -0.497 e. The summed E-state index contributed by atoms with van der Waals surface area (Å²) in [6.45, 7) is 0.336. The van der Waals surface area contributed by atoms with E-state index in [1.165, 1.54) is 12.1 Å². The van der Waals surface area contributed by atoms with Crippen LogP contribution >= 0.6 is 0 Å². The lowest BCUT2D eigenvalue weighted by Crippen LogP contribution is -2.19. The Kier molecular flexibility index (Phi) is 5.72. The van der Waals surface area contributed by atoms with Crippen molar-refractivity contribution in [3.8, 4) is 11.5 Å². The molecule has 0 aliphatic carbocycles. The Morgan fingerprint density at radius 2 is 1.90 bits per heavy atom. The Morgan fingerprint density at radius 3 is 2.66 bits per heavy atom. The monoisotopic (exact) mass is 393 g/mol. The zero-order valence-corrected chi connectivity index (χ0v) is 15.9. The second-order valence-corrected chi connectivity index (χ2v) is 6.51. The molecule has 1 aliphatic rings. The summed E-state index contributed by atoms with van der Waals surface area (Å²) in [5.74, 6) is 0.972. The van der Waals surface area contributed by atoms with Crippen molar-refractivity contribution in [1.82, 2.24) is 0 Å². The van der Waals surface area contributed by atoms with Crippen molar-refractivity contribution in [3.05, 3.63) is 94.8 Å². The topological polar surface area (TPSA) is 49.3 Å². The summed E-state index contributed by atoms with van der Waals surface area (Å²) < 4.78 is 30.9. The second kappa shape index (κ2) is 8.75. The molecule has 0 fully saturated rings. The number of oxime groups is 1. The van der Waals surface area contributed by atoms with Gasteiger partial charge in [-0.25, -0.2) is 4.39 Å². The number of ether oxygens (including phenoxy) is 3. The van der Waals surface area contributed by atoms with E-state index in [1.807, 2.05) is 54.6 Å². The number of nitrogens with zero attached hydrogens (tertiary/aromatic N) is 1. The Balaban J connectivity index is 1.46. The van der Waals surface area contributed by atoms with Gasteiger partial charge in [-0.3, -0.25) is 0 Å². The molecule has 1 atom stereocenters. The van der Waals surface area contributed by atoms with Crippen molar-refractivity contribution in [2.75, 3.05) is 7.11 Å². The van der Waals surface area contributed by atoms with Crippen LogP contribution in [-0.2, 0) is 22.8 Å². The quantitative estimate of drug-likeness (QED) is 0.437. The maximum Gasteiger partial charge on any atom is 0.227 e. The van der Waals surface area contributed by atoms with E-state index in [-0.39, 0.29) is 19.0 Å². The zero-order chi connectivity index (χ0) is 20.1. The highest BCUT2D eigenvalue weighted by Gasteiger charge is 2.25. The molecule has 0 bridgehead atoms. The van der Waals surface area contributed by atoms with Gasteiger partial charge in [0.25, 0.3) is 0 Å². The number of halogens is 1. The van der Waals surface area contributed by atoms with E-state index in [0.29, 0.717) is 16.9 Å². The van der Waals surface area contributed by atoms with E-state index in [9.17, 15) is 4.39 Å². The van der Waals surface area contributed by atoms with Gasteiger partial charge in [0.05, 0.1) is 19.9 Å². The highest BCUT2D eigenvalue weighted by atomic mass is 19.1. The van der Waals surface area contributed by atoms with Crippen LogP contribution < -0.4 is 9.47 Å². The van der Waals surface area contributed by atoms with Gasteiger partial charge in [-0.2, -0.15) is 0 Å². The maximum atomic E-state index is 14.0. The van der Waals surface area contributed by atoms with Crippen molar-refractivity contribution in [3.63, 3.8) is 0 Å². The molecule has 4 rings (SSSR count). The first-order valence-corrected chi connectivity index (χ1v) is 9.17. The molecule has 0 saturated heterocycles. The Labute approximate surface area is 168 Å². The van der Waals surface area contributed by atoms with Crippen molar-refractivity contribution >= 4 is 6.21 Å². The third-order valence-corrected chi connectivity index (χ3v) is 4.51. The molecule has 6 heteroatoms. The molecule has 0 aromatic heterocycles. The lowest BCUT2D eigenvalue weighted by Gasteiger charge is -2.28. The van der Waals surface area contributed by atoms with E-state index in [1.54, 1.807) is 13.3 Å². The second-order valence-electron chi connectivity index (χ2n) is 6.51. The van der Waals surface area contributed by atoms with Crippen LogP contribution in [0.4, 0.5) is 4.39 Å². The number of benzene rings is 3. The highest BCUT2D eigenvalue weighted by molar-refractivity contribution is 5.79. The Morgan fingerprint density at radius 1 is 1.10 bits per heavy atom. The first-order chi connectivity index (χ1) is 14.2. The van der Waals surface area contributed by atoms with Gasteiger partial charge in [0, 0.05) is 16.7 Å². The van der Waals surface area contributed by atoms with Gasteiger partial charge in [-0.15, -0.1) is 0 Å². The molecule has 0 radical (unpaired) electrons. The number of fused-ring (bicyclic) bond motifs is 1. The summed E-state index contributed by atoms with van der Waals surface area (Å²) in [4.78, 5) is 5.39. The lowest BCUT2D eigenvalue weighted by atomic mass is 10.1. The van der Waals surface area contributed by atoms with Crippen molar-refractivity contribution in [2.24, 2.45) is 5.16 Å². The van der Waals surface area contributed by atoms with Crippen LogP contribution in [0.3, 0.4) is 0 Å². The molecule has 29 heavy (non-hydrogen) atoms. The van der Waals surface area contributed by atoms with Crippen LogP contribution in [0.2, 0.25) is 0 Å². The van der Waals surface area contributed by atoms with E-state index in [0.717, 1.165) is 16.9 Å². The van der Waals surface area contributed by atoms with Gasteiger partial charge >= 0.3 is 0 Å². The SMILES string of the molecule is COc1ccc(/C=N\OCc2cc(F)cc3c2O[C@@H](c2ccccc2)OC3)cc1. The third kappa shape index (κ3) is 4.55. The minimum absolute atomic E-state index is 0.0776. The fourth-order valence-corrected chi connectivity index (χ4v) is 3.05. The number of methoxy groups -OCH3 is 1. The van der Waals surface area contributed by atoms with Crippen LogP contribution in [0.25, 0.3) is 0 Å². The highest BCUT2D eigenvalue weighted by Crippen LogP contribution is 2.36. The van der Waals surface area contributed by atoms with Crippen molar-refractivity contribution in [2.45, 2.75) is 19.5 Å². The van der Waals surface area contributed by atoms with Crippen LogP contribution in [0.15, 0.2) is 71.9 Å². The molecule has 0 saturated carbocycles. The van der Waals surface area contributed by atoms with Gasteiger partial charge in [-0.05, 0) is 42.0 Å². The average molecular weight is 393 g/mol. The van der Waals surface area contributed by atoms with Crippen LogP contribution in [0, 0.1) is 5.82 Å². The lowest BCUT2D eigenvalue weighted by molar-refractivity contribution is -0.112. The summed E-state index contributed by atoms with van der Waals surface area (Å²) in [6.07, 6.45) is 1.04. The summed E-state index contributed by atoms with van der Waals surface area (Å²) in [6, 6.07) is 19.8. The molecular formula is C23H20FNO4. The summed E-state index contributed by atoms with van der Waals surface area (Å²) in [5, 5.41) is 3.97. The van der Waals surface area contributed by atoms with Crippen molar-refractivity contribution < 1.29 is 23.4 Å². The standard InChI is InChI=1S/C23H20FNO4/c1-26-21-9-7-16(8-10-21)13-25-28-15-19-12-20(24)11-18-14-27-23(29-22(18)19)17-5-3-2-4-6-17/h2-13,23H,14-15H2,1H3/b25-13-/t23-/m0/s1. The van der Waals surface area contributed by atoms with Crippen LogP contribution in [-0.4, -0.2) is 13.3 Å². The van der Waals surface area contributed by atoms with Gasteiger partial charge < -0.3 is 19.0 Å². The van der Waals surface area contributed by atoms with Gasteiger partial charge in [0.2, 0.25) is 6.29 Å². The molecule has 5 nitrogen and oxygen atoms in total. The fraction of sp³-hybridized carbons (Fsp3) is 0.174. The molecule has 148 valence electrons. The zero-order valence-electron chi connectivity index (χ0n) is 15.9. The molecule has 0 spiro atoms. The van der Waals surface area contributed by atoms with Gasteiger partial charge in [0.15, 0.2) is 0 Å². The normalized spacial score (nSPS) is 15.6. The fourth-order valence-electron chi connectivity index (χ4n) is 3.05. The predicted molar refractivity (Wildman–Crippen MR) is 106 cm³/mol. The maximum absolute atomic E-state index is 14.0. The number of hydrogen-bond donors (Lipinski definition) is 0. The van der Waals surface area contributed by atoms with E-state index >= 15 is 0 Å². The van der Waals surface area contributed by atoms with Gasteiger partial charge in [-0.1, -0.05) is 35.5 Å². The number of hydrogen-bond acceptors (Lipinski definition) is 5. The minimum atomic E-state index is -0.546. The first kappa shape index (κ1) is 19.0. The summed E-state index contributed by atoms with van der Waals surface area (Å²) >= 11 is 0.